The van der Waals surface area contributed by atoms with Crippen LogP contribution in [0.25, 0.3) is 0 Å². The quantitative estimate of drug-likeness (QED) is 0.590. The average molecular weight is 375 g/mol. The maximum Gasteiger partial charge on any atom is 0.184 e. The Balaban J connectivity index is 2.09. The van der Waals surface area contributed by atoms with Crippen molar-refractivity contribution in [1.82, 2.24) is 19.4 Å². The normalized spacial score (nSPS) is 23.1. The fourth-order valence-electron chi connectivity index (χ4n) is 3.56. The van der Waals surface area contributed by atoms with Crippen LogP contribution in [0.3, 0.4) is 0 Å². The molecule has 1 atom stereocenters. The lowest BCUT2D eigenvalue weighted by Gasteiger charge is -2.39. The highest BCUT2D eigenvalue weighted by atomic mass is 32.2. The number of hydrogen-bond donors (Lipinski definition) is 1. The van der Waals surface area contributed by atoms with E-state index in [0.717, 1.165) is 10.2 Å². The van der Waals surface area contributed by atoms with E-state index in [1.54, 1.807) is 11.9 Å². The summed E-state index contributed by atoms with van der Waals surface area (Å²) in [7, 11) is 2.05. The minimum Gasteiger partial charge on any atom is -0.344 e. The van der Waals surface area contributed by atoms with Crippen LogP contribution in [0.1, 0.15) is 59.8 Å². The van der Waals surface area contributed by atoms with E-state index in [4.69, 9.17) is 24.4 Å². The van der Waals surface area contributed by atoms with E-state index in [-0.39, 0.29) is 5.50 Å². The molecule has 0 spiro atoms. The van der Waals surface area contributed by atoms with Crippen molar-refractivity contribution in [3.63, 3.8) is 0 Å². The van der Waals surface area contributed by atoms with E-state index in [0.29, 0.717) is 18.1 Å². The molecule has 0 aromatic carbocycles. The molecule has 0 aromatic rings. The van der Waals surface area contributed by atoms with Crippen molar-refractivity contribution >= 4 is 46.6 Å². The van der Waals surface area contributed by atoms with Crippen molar-refractivity contribution in [3.05, 3.63) is 0 Å². The maximum absolute atomic E-state index is 5.71. The van der Waals surface area contributed by atoms with Crippen LogP contribution >= 0.6 is 36.4 Å². The van der Waals surface area contributed by atoms with Gasteiger partial charge in [0.2, 0.25) is 0 Å². The lowest BCUT2D eigenvalue weighted by Crippen LogP contribution is -2.55. The predicted octanol–water partition coefficient (Wildman–Crippen LogP) is 3.78. The van der Waals surface area contributed by atoms with E-state index in [1.807, 2.05) is 0 Å². The van der Waals surface area contributed by atoms with Gasteiger partial charge in [0.1, 0.15) is 0 Å². The van der Waals surface area contributed by atoms with Crippen LogP contribution < -0.4 is 5.32 Å². The highest BCUT2D eigenvalue weighted by Gasteiger charge is 2.39. The molecule has 2 fully saturated rings. The minimum atomic E-state index is 0.114. The topological polar surface area (TPSA) is 21.8 Å². The molecule has 2 aliphatic rings. The lowest BCUT2D eigenvalue weighted by molar-refractivity contribution is 0.220. The monoisotopic (exact) mass is 374 g/mol. The van der Waals surface area contributed by atoms with Crippen LogP contribution in [0.4, 0.5) is 0 Å². The molecule has 0 aromatic heterocycles. The molecular weight excluding hydrogens is 344 g/mol. The van der Waals surface area contributed by atoms with Crippen molar-refractivity contribution in [3.8, 4) is 0 Å². The molecule has 1 N–H and O–H groups in total. The first-order valence-corrected chi connectivity index (χ1v) is 10.3. The number of rotatable bonds is 4. The van der Waals surface area contributed by atoms with Gasteiger partial charge in [0, 0.05) is 37.1 Å². The fourth-order valence-corrected chi connectivity index (χ4v) is 5.64. The summed E-state index contributed by atoms with van der Waals surface area (Å²) in [5, 5.41) is 5.33. The van der Waals surface area contributed by atoms with Gasteiger partial charge in [-0.25, -0.2) is 0 Å². The number of thiocarbonyl (C=S) groups is 2. The zero-order valence-electron chi connectivity index (χ0n) is 14.9. The van der Waals surface area contributed by atoms with E-state index in [1.165, 1.54) is 32.1 Å². The van der Waals surface area contributed by atoms with Gasteiger partial charge in [-0.05, 0) is 65.0 Å². The third-order valence-electron chi connectivity index (χ3n) is 4.56. The summed E-state index contributed by atoms with van der Waals surface area (Å²) in [6.45, 7) is 8.74. The van der Waals surface area contributed by atoms with Gasteiger partial charge < -0.3 is 15.1 Å². The fraction of sp³-hybridized carbons (Fsp3) is 0.875. The van der Waals surface area contributed by atoms with E-state index in [2.05, 4.69) is 54.2 Å². The summed E-state index contributed by atoms with van der Waals surface area (Å²) >= 11 is 13.1. The Morgan fingerprint density at radius 2 is 1.74 bits per heavy atom. The third-order valence-corrected chi connectivity index (χ3v) is 6.53. The molecule has 1 unspecified atom stereocenters. The Labute approximate surface area is 156 Å². The van der Waals surface area contributed by atoms with Crippen LogP contribution in [0.2, 0.25) is 0 Å². The smallest absolute Gasteiger partial charge is 0.184 e. The third kappa shape index (κ3) is 4.42. The van der Waals surface area contributed by atoms with Crippen LogP contribution in [0.15, 0.2) is 0 Å². The maximum atomic E-state index is 5.71. The Morgan fingerprint density at radius 3 is 2.26 bits per heavy atom. The molecule has 23 heavy (non-hydrogen) atoms. The van der Waals surface area contributed by atoms with Gasteiger partial charge in [-0.2, -0.15) is 0 Å². The predicted molar refractivity (Wildman–Crippen MR) is 108 cm³/mol. The molecular formula is C16H30N4S3. The molecule has 2 rings (SSSR count). The van der Waals surface area contributed by atoms with Gasteiger partial charge in [-0.3, -0.25) is 4.31 Å². The van der Waals surface area contributed by atoms with Gasteiger partial charge >= 0.3 is 0 Å². The first-order chi connectivity index (χ1) is 10.8. The summed E-state index contributed by atoms with van der Waals surface area (Å²) in [5.74, 6) is 0. The molecule has 1 aliphatic carbocycles. The second-order valence-corrected chi connectivity index (χ2v) is 8.94. The highest BCUT2D eigenvalue weighted by Crippen LogP contribution is 2.34. The Bertz CT molecular complexity index is 427. The highest BCUT2D eigenvalue weighted by molar-refractivity contribution is 7.99. The summed E-state index contributed by atoms with van der Waals surface area (Å²) in [4.78, 5) is 4.64. The summed E-state index contributed by atoms with van der Waals surface area (Å²) in [6.07, 6.45) is 6.43. The molecule has 0 bridgehead atoms. The summed E-state index contributed by atoms with van der Waals surface area (Å²) < 4.78 is 2.10. The van der Waals surface area contributed by atoms with Crippen molar-refractivity contribution in [2.24, 2.45) is 0 Å². The second-order valence-electron chi connectivity index (χ2n) is 6.98. The van der Waals surface area contributed by atoms with Crippen molar-refractivity contribution < 1.29 is 0 Å². The molecule has 1 heterocycles. The van der Waals surface area contributed by atoms with Gasteiger partial charge in [-0.1, -0.05) is 19.3 Å². The van der Waals surface area contributed by atoms with Crippen LogP contribution in [0.5, 0.6) is 0 Å². The number of nitrogens with one attached hydrogen (secondary N) is 1. The largest absolute Gasteiger partial charge is 0.344 e. The summed E-state index contributed by atoms with van der Waals surface area (Å²) in [5.41, 5.74) is 0.114. The molecule has 1 saturated carbocycles. The first-order valence-electron chi connectivity index (χ1n) is 8.64. The van der Waals surface area contributed by atoms with Gasteiger partial charge in [0.25, 0.3) is 0 Å². The van der Waals surface area contributed by atoms with E-state index >= 15 is 0 Å². The van der Waals surface area contributed by atoms with Crippen LogP contribution in [0, 0.1) is 0 Å². The Morgan fingerprint density at radius 1 is 1.17 bits per heavy atom. The molecule has 4 nitrogen and oxygen atoms in total. The molecule has 7 heteroatoms. The van der Waals surface area contributed by atoms with Crippen molar-refractivity contribution in [1.29, 1.82) is 0 Å². The number of hydrogen-bond acceptors (Lipinski definition) is 3. The van der Waals surface area contributed by atoms with Crippen molar-refractivity contribution in [2.45, 2.75) is 83.4 Å². The molecule has 0 radical (unpaired) electrons. The molecule has 132 valence electrons. The van der Waals surface area contributed by atoms with Gasteiger partial charge in [0.05, 0.1) is 0 Å². The standard InChI is InChI=1S/C16H30N4S3/c1-11(2)19(12(3)4)14(21)17-15-20(16(22)18(5)23-15)13-9-7-6-8-10-13/h11-13,15H,6-10H2,1-5H3,(H,17,21). The summed E-state index contributed by atoms with van der Waals surface area (Å²) in [6, 6.07) is 1.31. The first kappa shape index (κ1) is 19.1. The van der Waals surface area contributed by atoms with Crippen LogP contribution in [-0.4, -0.2) is 55.0 Å². The van der Waals surface area contributed by atoms with Gasteiger partial charge in [0.15, 0.2) is 15.7 Å². The molecule has 1 saturated heterocycles. The molecule has 0 amide bonds. The van der Waals surface area contributed by atoms with E-state index in [9.17, 15) is 0 Å². The average Bonchev–Trinajstić information content (AvgIpc) is 2.73. The zero-order chi connectivity index (χ0) is 17.1. The minimum absolute atomic E-state index is 0.114. The molecule has 1 aliphatic heterocycles. The van der Waals surface area contributed by atoms with E-state index < -0.39 is 0 Å². The zero-order valence-corrected chi connectivity index (χ0v) is 17.4. The van der Waals surface area contributed by atoms with Crippen molar-refractivity contribution in [2.75, 3.05) is 7.05 Å². The Kier molecular flexibility index (Phi) is 6.80. The van der Waals surface area contributed by atoms with Gasteiger partial charge in [-0.15, -0.1) is 0 Å². The SMILES string of the molecule is CC(C)N(C(=S)NC1SN(C)C(=S)N1C1CCCCC1)C(C)C. The second kappa shape index (κ2) is 8.21. The Hall–Kier alpha value is -0.270. The lowest BCUT2D eigenvalue weighted by atomic mass is 9.94. The number of nitrogens with zero attached hydrogens (tertiary/aromatic N) is 3. The van der Waals surface area contributed by atoms with Crippen LogP contribution in [-0.2, 0) is 0 Å².